The molecule has 10 nitrogen and oxygen atoms in total. The molecule has 0 spiro atoms. The Bertz CT molecular complexity index is 1840. The molecular weight excluding hydrogens is 692 g/mol. The second-order valence-electron chi connectivity index (χ2n) is 14.8. The van der Waals surface area contributed by atoms with Crippen molar-refractivity contribution in [2.45, 2.75) is 71.2 Å². The molecule has 2 fully saturated rings. The van der Waals surface area contributed by atoms with E-state index in [2.05, 4.69) is 54.1 Å². The molecule has 1 unspecified atom stereocenters. The Hall–Kier alpha value is -4.40. The molecule has 2 aromatic carbocycles. The van der Waals surface area contributed by atoms with Crippen LogP contribution in [0.4, 0.5) is 0 Å². The second kappa shape index (κ2) is 17.6. The number of allylic oxidation sites excluding steroid dienone is 2. The van der Waals surface area contributed by atoms with Crippen LogP contribution in [-0.4, -0.2) is 82.5 Å². The van der Waals surface area contributed by atoms with Crippen molar-refractivity contribution < 1.29 is 29.2 Å². The molecule has 1 aliphatic carbocycles. The third-order valence-corrected chi connectivity index (χ3v) is 10.9. The molecule has 3 aliphatic rings. The number of nitrogens with zero attached hydrogens (tertiary/aromatic N) is 4. The van der Waals surface area contributed by atoms with Crippen LogP contribution < -0.4 is 9.47 Å². The quantitative estimate of drug-likeness (QED) is 0.156. The Morgan fingerprint density at radius 1 is 1.06 bits per heavy atom. The van der Waals surface area contributed by atoms with Gasteiger partial charge in [0, 0.05) is 67.1 Å². The normalized spacial score (nSPS) is 21.7. The number of aromatic nitrogens is 1. The van der Waals surface area contributed by atoms with E-state index in [1.54, 1.807) is 18.3 Å². The Morgan fingerprint density at radius 2 is 1.89 bits per heavy atom. The number of hydrogen-bond acceptors (Lipinski definition) is 9. The van der Waals surface area contributed by atoms with Crippen LogP contribution in [0.1, 0.15) is 68.2 Å². The maximum atomic E-state index is 12.1. The highest BCUT2D eigenvalue weighted by Gasteiger charge is 2.37. The summed E-state index contributed by atoms with van der Waals surface area (Å²) in [6.45, 7) is 8.99. The van der Waals surface area contributed by atoms with Crippen LogP contribution in [-0.2, 0) is 22.7 Å². The first-order valence-corrected chi connectivity index (χ1v) is 18.9. The van der Waals surface area contributed by atoms with E-state index in [0.29, 0.717) is 54.8 Å². The topological polar surface area (TPSA) is 128 Å². The van der Waals surface area contributed by atoms with E-state index in [1.807, 2.05) is 29.2 Å². The Kier molecular flexibility index (Phi) is 12.7. The number of benzene rings is 2. The number of carboxylic acid groups (broad SMARTS) is 1. The largest absolute Gasteiger partial charge is 0.494 e. The van der Waals surface area contributed by atoms with Crippen LogP contribution in [0.25, 0.3) is 5.57 Å². The van der Waals surface area contributed by atoms with Crippen LogP contribution in [0.3, 0.4) is 0 Å². The van der Waals surface area contributed by atoms with Crippen molar-refractivity contribution in [3.63, 3.8) is 0 Å². The number of piperidine rings is 1. The van der Waals surface area contributed by atoms with E-state index in [1.165, 1.54) is 6.20 Å². The first kappa shape index (κ1) is 38.3. The fraction of sp³-hybridized carbons (Fsp3) is 0.452. The Morgan fingerprint density at radius 3 is 2.64 bits per heavy atom. The molecule has 3 heterocycles. The number of carbonyl (C=O) groups is 1. The smallest absolute Gasteiger partial charge is 0.320 e. The monoisotopic (exact) mass is 740 g/mol. The summed E-state index contributed by atoms with van der Waals surface area (Å²) in [7, 11) is 0. The maximum Gasteiger partial charge on any atom is 0.320 e. The number of halogens is 1. The average Bonchev–Trinajstić information content (AvgIpc) is 3.58. The highest BCUT2D eigenvalue weighted by atomic mass is 35.5. The third kappa shape index (κ3) is 9.78. The van der Waals surface area contributed by atoms with Crippen molar-refractivity contribution in [1.29, 1.82) is 5.26 Å². The molecule has 0 saturated carbocycles. The minimum absolute atomic E-state index is 0.0731. The van der Waals surface area contributed by atoms with Gasteiger partial charge in [-0.1, -0.05) is 62.2 Å². The van der Waals surface area contributed by atoms with Crippen molar-refractivity contribution in [3.05, 3.63) is 106 Å². The number of likely N-dealkylation sites (tertiary alicyclic amines) is 2. The number of rotatable bonds is 15. The Balaban J connectivity index is 1.23. The molecular formula is C42H49ClN4O6. The molecule has 1 aromatic heterocycles. The minimum Gasteiger partial charge on any atom is -0.494 e. The molecule has 3 atom stereocenters. The number of aliphatic carboxylic acids is 1. The van der Waals surface area contributed by atoms with E-state index in [4.69, 9.17) is 25.8 Å². The summed E-state index contributed by atoms with van der Waals surface area (Å²) in [5.74, 6) is 0.874. The van der Waals surface area contributed by atoms with E-state index in [9.17, 15) is 20.3 Å². The summed E-state index contributed by atoms with van der Waals surface area (Å²) in [5.41, 5.74) is 3.88. The first-order chi connectivity index (χ1) is 25.6. The zero-order valence-electron chi connectivity index (χ0n) is 30.5. The van der Waals surface area contributed by atoms with Crippen LogP contribution in [0, 0.1) is 22.7 Å². The SMILES string of the molecule is CC1(C)C(c2ccccc2)=CC(OCCCN2CC[C@@H](O)C2)=CC1COc1cc(OCc2cncc(C#N)c2)c(CN2CCCC[C@H]2C(=O)O)cc1Cl. The summed E-state index contributed by atoms with van der Waals surface area (Å²) in [6, 6.07) is 17.2. The molecule has 2 N–H and O–H groups in total. The lowest BCUT2D eigenvalue weighted by atomic mass is 9.68. The van der Waals surface area contributed by atoms with E-state index in [0.717, 1.165) is 73.3 Å². The lowest BCUT2D eigenvalue weighted by molar-refractivity contribution is -0.144. The fourth-order valence-electron chi connectivity index (χ4n) is 7.49. The molecule has 280 valence electrons. The molecule has 53 heavy (non-hydrogen) atoms. The van der Waals surface area contributed by atoms with Crippen molar-refractivity contribution in [3.8, 4) is 17.6 Å². The Labute approximate surface area is 317 Å². The molecule has 3 aromatic rings. The lowest BCUT2D eigenvalue weighted by Gasteiger charge is -2.38. The number of nitriles is 1. The predicted octanol–water partition coefficient (Wildman–Crippen LogP) is 7.10. The highest BCUT2D eigenvalue weighted by molar-refractivity contribution is 6.32. The maximum absolute atomic E-state index is 12.1. The number of aliphatic hydroxyl groups excluding tert-OH is 1. The van der Waals surface area contributed by atoms with Gasteiger partial charge in [0.25, 0.3) is 0 Å². The molecule has 11 heteroatoms. The highest BCUT2D eigenvalue weighted by Crippen LogP contribution is 2.46. The molecule has 0 bridgehead atoms. The zero-order chi connectivity index (χ0) is 37.4. The standard InChI is InChI=1S/C42H49ClN4O6/c1-42(2)33(19-35(20-36(42)31-9-4-3-5-10-31)51-16-8-13-46-15-12-34(48)26-46)28-53-40-21-39(52-27-30-17-29(22-44)23-45-24-30)32(18-37(40)43)25-47-14-7-6-11-38(47)41(49)50/h3-5,9-10,17-21,23-24,33-34,38,48H,6-8,11-16,25-28H2,1-2H3,(H,49,50)/t33?,34-,38+/m1/s1. The van der Waals surface area contributed by atoms with Crippen LogP contribution >= 0.6 is 11.6 Å². The molecule has 2 aliphatic heterocycles. The van der Waals surface area contributed by atoms with Crippen LogP contribution in [0.5, 0.6) is 11.5 Å². The van der Waals surface area contributed by atoms with Crippen molar-refractivity contribution in [2.75, 3.05) is 39.4 Å². The average molecular weight is 741 g/mol. The van der Waals surface area contributed by atoms with Gasteiger partial charge in [-0.25, -0.2) is 0 Å². The number of carboxylic acids is 1. The van der Waals surface area contributed by atoms with Gasteiger partial charge in [-0.15, -0.1) is 0 Å². The lowest BCUT2D eigenvalue weighted by Crippen LogP contribution is -2.44. The van der Waals surface area contributed by atoms with Gasteiger partial charge in [-0.2, -0.15) is 5.26 Å². The van der Waals surface area contributed by atoms with E-state index in [-0.39, 0.29) is 24.0 Å². The molecule has 0 amide bonds. The fourth-order valence-corrected chi connectivity index (χ4v) is 7.73. The van der Waals surface area contributed by atoms with Crippen LogP contribution in [0.15, 0.2) is 78.8 Å². The number of pyridine rings is 1. The van der Waals surface area contributed by atoms with Gasteiger partial charge in [0.05, 0.1) is 29.9 Å². The second-order valence-corrected chi connectivity index (χ2v) is 15.2. The van der Waals surface area contributed by atoms with Gasteiger partial charge >= 0.3 is 5.97 Å². The number of hydrogen-bond donors (Lipinski definition) is 2. The van der Waals surface area contributed by atoms with E-state index < -0.39 is 12.0 Å². The molecule has 2 saturated heterocycles. The predicted molar refractivity (Wildman–Crippen MR) is 203 cm³/mol. The van der Waals surface area contributed by atoms with Gasteiger partial charge in [-0.3, -0.25) is 14.7 Å². The summed E-state index contributed by atoms with van der Waals surface area (Å²) in [6.07, 6.45) is 11.3. The number of ether oxygens (including phenoxy) is 3. The third-order valence-electron chi connectivity index (χ3n) is 10.6. The summed E-state index contributed by atoms with van der Waals surface area (Å²) in [5, 5.41) is 29.6. The summed E-state index contributed by atoms with van der Waals surface area (Å²) >= 11 is 6.93. The van der Waals surface area contributed by atoms with Crippen molar-refractivity contribution >= 4 is 23.1 Å². The van der Waals surface area contributed by atoms with Gasteiger partial charge < -0.3 is 29.3 Å². The molecule has 0 radical (unpaired) electrons. The van der Waals surface area contributed by atoms with E-state index >= 15 is 0 Å². The van der Waals surface area contributed by atoms with Gasteiger partial charge in [0.1, 0.15) is 36.0 Å². The van der Waals surface area contributed by atoms with Gasteiger partial charge in [0.15, 0.2) is 0 Å². The van der Waals surface area contributed by atoms with Crippen LogP contribution in [0.2, 0.25) is 5.02 Å². The summed E-state index contributed by atoms with van der Waals surface area (Å²) in [4.78, 5) is 20.5. The summed E-state index contributed by atoms with van der Waals surface area (Å²) < 4.78 is 19.3. The number of aliphatic hydroxyl groups is 1. The van der Waals surface area contributed by atoms with Crippen molar-refractivity contribution in [1.82, 2.24) is 14.8 Å². The minimum atomic E-state index is -0.834. The van der Waals surface area contributed by atoms with Gasteiger partial charge in [0.2, 0.25) is 0 Å². The van der Waals surface area contributed by atoms with Crippen molar-refractivity contribution in [2.24, 2.45) is 11.3 Å². The zero-order valence-corrected chi connectivity index (χ0v) is 31.3. The molecule has 6 rings (SSSR count). The number of β-amino-alcohol motifs (C(OH)–C–C–N with tert-alkyl or cyclic N) is 1. The van der Waals surface area contributed by atoms with Gasteiger partial charge in [-0.05, 0) is 67.6 Å². The first-order valence-electron chi connectivity index (χ1n) is 18.5.